The molecule has 1 fully saturated rings. The van der Waals surface area contributed by atoms with E-state index in [1.54, 1.807) is 0 Å². The van der Waals surface area contributed by atoms with Crippen molar-refractivity contribution in [2.45, 2.75) is 25.3 Å². The van der Waals surface area contributed by atoms with E-state index in [-0.39, 0.29) is 6.04 Å². The number of likely N-dealkylation sites (tertiary alicyclic amines) is 1. The number of fused-ring (bicyclic) bond motifs is 1. The summed E-state index contributed by atoms with van der Waals surface area (Å²) >= 11 is 0. The highest BCUT2D eigenvalue weighted by Crippen LogP contribution is 2.45. The molecule has 0 aliphatic carbocycles. The smallest absolute Gasteiger partial charge is 0.0939 e. The minimum Gasteiger partial charge on any atom is -0.318 e. The Balaban J connectivity index is 1.71. The Labute approximate surface area is 201 Å². The van der Waals surface area contributed by atoms with Gasteiger partial charge in [0.2, 0.25) is 0 Å². The van der Waals surface area contributed by atoms with E-state index >= 15 is 0 Å². The maximum atomic E-state index is 4.90. The predicted octanol–water partition coefficient (Wildman–Crippen LogP) is 7.24. The van der Waals surface area contributed by atoms with Crippen molar-refractivity contribution >= 4 is 5.52 Å². The summed E-state index contributed by atoms with van der Waals surface area (Å²) in [6, 6.07) is 34.7. The Bertz CT molecular complexity index is 1370. The van der Waals surface area contributed by atoms with E-state index in [2.05, 4.69) is 106 Å². The lowest BCUT2D eigenvalue weighted by molar-refractivity contribution is 0.181. The minimum absolute atomic E-state index is 0.0871. The van der Waals surface area contributed by atoms with Crippen molar-refractivity contribution in [3.05, 3.63) is 121 Å². The van der Waals surface area contributed by atoms with Gasteiger partial charge in [-0.2, -0.15) is 0 Å². The molecule has 0 spiro atoms. The number of benzene rings is 2. The lowest BCUT2D eigenvalue weighted by Crippen LogP contribution is -2.35. The summed E-state index contributed by atoms with van der Waals surface area (Å²) in [5, 5.41) is 0. The van der Waals surface area contributed by atoms with Crippen molar-refractivity contribution in [2.24, 2.45) is 0 Å². The highest BCUT2D eigenvalue weighted by molar-refractivity contribution is 5.97. The van der Waals surface area contributed by atoms with Crippen LogP contribution in [-0.2, 0) is 0 Å². The van der Waals surface area contributed by atoms with Gasteiger partial charge < -0.3 is 4.40 Å². The molecule has 1 saturated heterocycles. The molecule has 0 radical (unpaired) electrons. The van der Waals surface area contributed by atoms with Crippen LogP contribution < -0.4 is 0 Å². The van der Waals surface area contributed by atoms with Gasteiger partial charge in [0, 0.05) is 23.5 Å². The van der Waals surface area contributed by atoms with Gasteiger partial charge >= 0.3 is 0 Å². The first-order chi connectivity index (χ1) is 16.9. The van der Waals surface area contributed by atoms with Crippen LogP contribution in [0.4, 0.5) is 0 Å². The standard InChI is InChI=1S/C31H29N3/c1-4-14-24(15-5-1)28-27-19-9-13-23-34(27)31(29(28)25-16-6-2-7-17-25)30(26-18-8-10-20-32-26)33-21-11-3-12-22-33/h1-2,4-10,13-20,23,30H,3,11-12,21-22H2. The quantitative estimate of drug-likeness (QED) is 0.285. The number of nitrogens with zero attached hydrogens (tertiary/aromatic N) is 3. The monoisotopic (exact) mass is 443 g/mol. The zero-order valence-corrected chi connectivity index (χ0v) is 19.3. The van der Waals surface area contributed by atoms with E-state index in [4.69, 9.17) is 4.98 Å². The fourth-order valence-electron chi connectivity index (χ4n) is 5.51. The molecule has 1 atom stereocenters. The van der Waals surface area contributed by atoms with Gasteiger partial charge in [0.1, 0.15) is 0 Å². The largest absolute Gasteiger partial charge is 0.318 e. The first-order valence-corrected chi connectivity index (χ1v) is 12.3. The highest BCUT2D eigenvalue weighted by atomic mass is 15.2. The zero-order chi connectivity index (χ0) is 22.7. The van der Waals surface area contributed by atoms with Gasteiger partial charge in [-0.3, -0.25) is 9.88 Å². The lowest BCUT2D eigenvalue weighted by Gasteiger charge is -2.35. The molecule has 1 aliphatic rings. The van der Waals surface area contributed by atoms with E-state index in [0.717, 1.165) is 18.8 Å². The minimum atomic E-state index is 0.0871. The summed E-state index contributed by atoms with van der Waals surface area (Å²) in [4.78, 5) is 7.54. The average Bonchev–Trinajstić information content (AvgIpc) is 3.26. The first kappa shape index (κ1) is 20.9. The fraction of sp³-hybridized carbons (Fsp3) is 0.194. The van der Waals surface area contributed by atoms with Crippen molar-refractivity contribution in [3.8, 4) is 22.3 Å². The molecule has 4 heterocycles. The second-order valence-corrected chi connectivity index (χ2v) is 9.08. The molecular weight excluding hydrogens is 414 g/mol. The van der Waals surface area contributed by atoms with E-state index in [0.29, 0.717) is 0 Å². The van der Waals surface area contributed by atoms with Gasteiger partial charge in [-0.25, -0.2) is 0 Å². The molecule has 2 aromatic carbocycles. The molecular formula is C31H29N3. The SMILES string of the molecule is c1ccc(-c2c(-c3ccccc3)c3ccccn3c2C(c2ccccn2)N2CCCCC2)cc1. The van der Waals surface area contributed by atoms with Crippen LogP contribution in [0.3, 0.4) is 0 Å². The van der Waals surface area contributed by atoms with Crippen LogP contribution in [0.15, 0.2) is 109 Å². The summed E-state index contributed by atoms with van der Waals surface area (Å²) in [7, 11) is 0. The molecule has 6 rings (SSSR count). The maximum absolute atomic E-state index is 4.90. The Morgan fingerprint density at radius 1 is 0.618 bits per heavy atom. The van der Waals surface area contributed by atoms with Crippen molar-refractivity contribution in [1.29, 1.82) is 0 Å². The van der Waals surface area contributed by atoms with Crippen LogP contribution in [0.25, 0.3) is 27.8 Å². The molecule has 0 bridgehead atoms. The van der Waals surface area contributed by atoms with Crippen LogP contribution in [-0.4, -0.2) is 27.4 Å². The summed E-state index contributed by atoms with van der Waals surface area (Å²) < 4.78 is 2.42. The van der Waals surface area contributed by atoms with Crippen molar-refractivity contribution in [3.63, 3.8) is 0 Å². The molecule has 0 amide bonds. The molecule has 34 heavy (non-hydrogen) atoms. The third-order valence-electron chi connectivity index (χ3n) is 6.99. The van der Waals surface area contributed by atoms with Crippen molar-refractivity contribution < 1.29 is 0 Å². The van der Waals surface area contributed by atoms with Crippen molar-refractivity contribution in [1.82, 2.24) is 14.3 Å². The molecule has 1 aliphatic heterocycles. The van der Waals surface area contributed by atoms with Crippen LogP contribution in [0.2, 0.25) is 0 Å². The fourth-order valence-corrected chi connectivity index (χ4v) is 5.51. The third-order valence-corrected chi connectivity index (χ3v) is 6.99. The molecule has 1 unspecified atom stereocenters. The third kappa shape index (κ3) is 3.72. The topological polar surface area (TPSA) is 20.5 Å². The molecule has 0 N–H and O–H groups in total. The number of pyridine rings is 2. The first-order valence-electron chi connectivity index (χ1n) is 12.3. The summed E-state index contributed by atoms with van der Waals surface area (Å²) in [5.74, 6) is 0. The summed E-state index contributed by atoms with van der Waals surface area (Å²) in [5.41, 5.74) is 8.75. The van der Waals surface area contributed by atoms with Gasteiger partial charge in [-0.1, -0.05) is 79.2 Å². The van der Waals surface area contributed by atoms with E-state index in [9.17, 15) is 0 Å². The van der Waals surface area contributed by atoms with Crippen molar-refractivity contribution in [2.75, 3.05) is 13.1 Å². The van der Waals surface area contributed by atoms with Gasteiger partial charge in [-0.05, 0) is 61.3 Å². The summed E-state index contributed by atoms with van der Waals surface area (Å²) in [6.07, 6.45) is 7.94. The molecule has 5 aromatic rings. The molecule has 3 heteroatoms. The lowest BCUT2D eigenvalue weighted by atomic mass is 9.91. The summed E-state index contributed by atoms with van der Waals surface area (Å²) in [6.45, 7) is 2.19. The predicted molar refractivity (Wildman–Crippen MR) is 140 cm³/mol. The zero-order valence-electron chi connectivity index (χ0n) is 19.3. The average molecular weight is 444 g/mol. The van der Waals surface area contributed by atoms with Crippen LogP contribution in [0.1, 0.15) is 36.7 Å². The normalized spacial score (nSPS) is 15.4. The highest BCUT2D eigenvalue weighted by Gasteiger charge is 2.32. The molecule has 0 saturated carbocycles. The van der Waals surface area contributed by atoms with Gasteiger partial charge in [0.15, 0.2) is 0 Å². The van der Waals surface area contributed by atoms with E-state index < -0.39 is 0 Å². The Morgan fingerprint density at radius 2 is 1.26 bits per heavy atom. The molecule has 3 nitrogen and oxygen atoms in total. The Hall–Kier alpha value is -3.69. The second kappa shape index (κ2) is 9.28. The van der Waals surface area contributed by atoms with Gasteiger partial charge in [0.05, 0.1) is 22.9 Å². The number of rotatable bonds is 5. The van der Waals surface area contributed by atoms with E-state index in [1.807, 2.05) is 12.3 Å². The van der Waals surface area contributed by atoms with E-state index in [1.165, 1.54) is 52.7 Å². The Morgan fingerprint density at radius 3 is 1.94 bits per heavy atom. The Kier molecular flexibility index (Phi) is 5.70. The van der Waals surface area contributed by atoms with Gasteiger partial charge in [-0.15, -0.1) is 0 Å². The molecule has 3 aromatic heterocycles. The van der Waals surface area contributed by atoms with Crippen LogP contribution in [0.5, 0.6) is 0 Å². The number of hydrogen-bond donors (Lipinski definition) is 0. The van der Waals surface area contributed by atoms with Gasteiger partial charge in [0.25, 0.3) is 0 Å². The molecule has 168 valence electrons. The van der Waals surface area contributed by atoms with Crippen LogP contribution >= 0.6 is 0 Å². The number of piperidine rings is 1. The second-order valence-electron chi connectivity index (χ2n) is 9.08. The number of aromatic nitrogens is 2. The number of hydrogen-bond acceptors (Lipinski definition) is 2. The van der Waals surface area contributed by atoms with Crippen LogP contribution in [0, 0.1) is 0 Å². The maximum Gasteiger partial charge on any atom is 0.0939 e.